The summed E-state index contributed by atoms with van der Waals surface area (Å²) in [4.78, 5) is 16.2. The van der Waals surface area contributed by atoms with Gasteiger partial charge in [-0.1, -0.05) is 0 Å². The van der Waals surface area contributed by atoms with E-state index in [0.29, 0.717) is 12.8 Å². The van der Waals surface area contributed by atoms with Crippen molar-refractivity contribution in [3.63, 3.8) is 0 Å². The minimum Gasteiger partial charge on any atom is -0.378 e. The lowest BCUT2D eigenvalue weighted by Gasteiger charge is -2.40. The monoisotopic (exact) mass is 239 g/mol. The quantitative estimate of drug-likeness (QED) is 0.792. The summed E-state index contributed by atoms with van der Waals surface area (Å²) in [6.45, 7) is 1.96. The minimum absolute atomic E-state index is 0.151. The van der Waals surface area contributed by atoms with E-state index >= 15 is 0 Å². The first-order valence-electron chi connectivity index (χ1n) is 5.61. The predicted octanol–water partition coefficient (Wildman–Crippen LogP) is 2.52. The number of carbonyl (C=O) groups excluding carboxylic acids is 1. The van der Waals surface area contributed by atoms with E-state index < -0.39 is 0 Å². The molecule has 0 spiro atoms. The van der Waals surface area contributed by atoms with Gasteiger partial charge in [-0.2, -0.15) is 0 Å². The second kappa shape index (κ2) is 4.63. The Labute approximate surface area is 99.8 Å². The maximum Gasteiger partial charge on any atom is 0.141 e. The summed E-state index contributed by atoms with van der Waals surface area (Å²) in [6.07, 6.45) is 4.21. The van der Waals surface area contributed by atoms with Gasteiger partial charge in [0.2, 0.25) is 0 Å². The summed E-state index contributed by atoms with van der Waals surface area (Å²) < 4.78 is 5.45. The number of carbonyl (C=O) groups is 1. The van der Waals surface area contributed by atoms with Crippen LogP contribution in [0, 0.1) is 6.92 Å². The van der Waals surface area contributed by atoms with Crippen molar-refractivity contribution in [3.8, 4) is 0 Å². The number of nitrogens with zero attached hydrogens (tertiary/aromatic N) is 1. The normalized spacial score (nSPS) is 18.1. The van der Waals surface area contributed by atoms with E-state index in [4.69, 9.17) is 4.74 Å². The van der Waals surface area contributed by atoms with Crippen LogP contribution in [0.5, 0.6) is 0 Å². The number of hydrogen-bond acceptors (Lipinski definition) is 4. The van der Waals surface area contributed by atoms with Crippen LogP contribution in [0.1, 0.15) is 36.4 Å². The van der Waals surface area contributed by atoms with E-state index in [2.05, 4.69) is 4.98 Å². The van der Waals surface area contributed by atoms with Crippen molar-refractivity contribution in [2.45, 2.75) is 44.6 Å². The molecule has 1 aliphatic carbocycles. The van der Waals surface area contributed by atoms with Gasteiger partial charge in [-0.15, -0.1) is 11.3 Å². The summed E-state index contributed by atoms with van der Waals surface area (Å²) in [5.41, 5.74) is 0.750. The van der Waals surface area contributed by atoms with Crippen LogP contribution in [0.2, 0.25) is 0 Å². The molecule has 0 unspecified atom stereocenters. The second-order valence-corrected chi connectivity index (χ2v) is 5.55. The van der Waals surface area contributed by atoms with Crippen molar-refractivity contribution in [2.24, 2.45) is 0 Å². The molecule has 1 aromatic heterocycles. The van der Waals surface area contributed by atoms with Gasteiger partial charge in [0.25, 0.3) is 0 Å². The maximum absolute atomic E-state index is 11.9. The zero-order valence-electron chi connectivity index (χ0n) is 9.78. The number of ether oxygens (including phenoxy) is 1. The summed E-state index contributed by atoms with van der Waals surface area (Å²) in [6, 6.07) is 0. The van der Waals surface area contributed by atoms with Gasteiger partial charge in [0.05, 0.1) is 16.3 Å². The number of aromatic nitrogens is 1. The molecule has 0 bridgehead atoms. The number of Topliss-reactive ketones (excluding diaryl/α,β-unsaturated/α-hetero) is 1. The van der Waals surface area contributed by atoms with Crippen LogP contribution in [-0.2, 0) is 16.0 Å². The molecule has 0 amide bonds. The predicted molar refractivity (Wildman–Crippen MR) is 63.8 cm³/mol. The van der Waals surface area contributed by atoms with E-state index in [1.54, 1.807) is 18.4 Å². The lowest BCUT2D eigenvalue weighted by molar-refractivity contribution is -0.131. The lowest BCUT2D eigenvalue weighted by atomic mass is 9.76. The molecule has 0 aliphatic heterocycles. The van der Waals surface area contributed by atoms with Gasteiger partial charge in [0.15, 0.2) is 0 Å². The summed E-state index contributed by atoms with van der Waals surface area (Å²) in [5.74, 6) is 0.242. The molecule has 2 rings (SSSR count). The SMILES string of the molecule is COC1(CC(=O)Cc2csc(C)n2)CCC1. The Balaban J connectivity index is 1.89. The molecular weight excluding hydrogens is 222 g/mol. The highest BCUT2D eigenvalue weighted by atomic mass is 32.1. The molecule has 1 fully saturated rings. The maximum atomic E-state index is 11.9. The third kappa shape index (κ3) is 2.50. The third-order valence-corrected chi connectivity index (χ3v) is 4.08. The molecule has 88 valence electrons. The molecule has 1 saturated carbocycles. The molecular formula is C12H17NO2S. The van der Waals surface area contributed by atoms with Crippen molar-refractivity contribution in [1.82, 2.24) is 4.98 Å². The highest BCUT2D eigenvalue weighted by Gasteiger charge is 2.38. The fourth-order valence-corrected chi connectivity index (χ4v) is 2.75. The first kappa shape index (κ1) is 11.7. The van der Waals surface area contributed by atoms with Crippen LogP contribution in [0.3, 0.4) is 0 Å². The molecule has 1 aromatic rings. The molecule has 1 aliphatic rings. The Morgan fingerprint density at radius 1 is 1.62 bits per heavy atom. The molecule has 0 N–H and O–H groups in total. The zero-order chi connectivity index (χ0) is 11.6. The van der Waals surface area contributed by atoms with Crippen molar-refractivity contribution >= 4 is 17.1 Å². The standard InChI is InChI=1S/C12H17NO2S/c1-9-13-10(8-16-9)6-11(14)7-12(15-2)4-3-5-12/h8H,3-7H2,1-2H3. The van der Waals surface area contributed by atoms with Crippen molar-refractivity contribution in [2.75, 3.05) is 7.11 Å². The Hall–Kier alpha value is -0.740. The summed E-state index contributed by atoms with van der Waals surface area (Å²) in [7, 11) is 1.71. The molecule has 16 heavy (non-hydrogen) atoms. The fraction of sp³-hybridized carbons (Fsp3) is 0.667. The lowest BCUT2D eigenvalue weighted by Crippen LogP contribution is -2.41. The number of hydrogen-bond donors (Lipinski definition) is 0. The van der Waals surface area contributed by atoms with Crippen molar-refractivity contribution in [3.05, 3.63) is 16.1 Å². The molecule has 0 saturated heterocycles. The third-order valence-electron chi connectivity index (χ3n) is 3.26. The number of methoxy groups -OCH3 is 1. The molecule has 0 radical (unpaired) electrons. The van der Waals surface area contributed by atoms with E-state index in [1.165, 1.54) is 6.42 Å². The van der Waals surface area contributed by atoms with Gasteiger partial charge in [-0.25, -0.2) is 4.98 Å². The molecule has 0 aromatic carbocycles. The van der Waals surface area contributed by atoms with Crippen molar-refractivity contribution in [1.29, 1.82) is 0 Å². The Morgan fingerprint density at radius 3 is 2.81 bits per heavy atom. The number of aryl methyl sites for hydroxylation is 1. The summed E-state index contributed by atoms with van der Waals surface area (Å²) in [5, 5.41) is 2.99. The first-order valence-corrected chi connectivity index (χ1v) is 6.49. The van der Waals surface area contributed by atoms with E-state index in [1.807, 2.05) is 12.3 Å². The van der Waals surface area contributed by atoms with Crippen LogP contribution in [0.15, 0.2) is 5.38 Å². The van der Waals surface area contributed by atoms with Gasteiger partial charge in [-0.3, -0.25) is 4.79 Å². The number of rotatable bonds is 5. The van der Waals surface area contributed by atoms with Crippen LogP contribution >= 0.6 is 11.3 Å². The second-order valence-electron chi connectivity index (χ2n) is 4.49. The van der Waals surface area contributed by atoms with Crippen molar-refractivity contribution < 1.29 is 9.53 Å². The average molecular weight is 239 g/mol. The zero-order valence-corrected chi connectivity index (χ0v) is 10.6. The topological polar surface area (TPSA) is 39.2 Å². The average Bonchev–Trinajstić information content (AvgIpc) is 2.57. The van der Waals surface area contributed by atoms with E-state index in [0.717, 1.165) is 23.5 Å². The fourth-order valence-electron chi connectivity index (χ4n) is 2.14. The van der Waals surface area contributed by atoms with Gasteiger partial charge in [-0.05, 0) is 26.2 Å². The Bertz CT molecular complexity index is 377. The highest BCUT2D eigenvalue weighted by molar-refractivity contribution is 7.09. The van der Waals surface area contributed by atoms with E-state index in [9.17, 15) is 4.79 Å². The first-order chi connectivity index (χ1) is 7.63. The molecule has 4 heteroatoms. The molecule has 1 heterocycles. The minimum atomic E-state index is -0.151. The Kier molecular flexibility index (Phi) is 3.40. The van der Waals surface area contributed by atoms with Crippen LogP contribution in [0.25, 0.3) is 0 Å². The summed E-state index contributed by atoms with van der Waals surface area (Å²) >= 11 is 1.60. The smallest absolute Gasteiger partial charge is 0.141 e. The Morgan fingerprint density at radius 2 is 2.38 bits per heavy atom. The van der Waals surface area contributed by atoms with Gasteiger partial charge in [0.1, 0.15) is 5.78 Å². The number of ketones is 1. The van der Waals surface area contributed by atoms with Gasteiger partial charge in [0, 0.05) is 25.3 Å². The molecule has 3 nitrogen and oxygen atoms in total. The van der Waals surface area contributed by atoms with E-state index in [-0.39, 0.29) is 11.4 Å². The van der Waals surface area contributed by atoms with Crippen LogP contribution < -0.4 is 0 Å². The highest BCUT2D eigenvalue weighted by Crippen LogP contribution is 2.38. The van der Waals surface area contributed by atoms with Gasteiger partial charge >= 0.3 is 0 Å². The van der Waals surface area contributed by atoms with Crippen LogP contribution in [0.4, 0.5) is 0 Å². The van der Waals surface area contributed by atoms with Crippen LogP contribution in [-0.4, -0.2) is 23.5 Å². The number of thiazole rings is 1. The largest absolute Gasteiger partial charge is 0.378 e. The molecule has 0 atom stereocenters. The van der Waals surface area contributed by atoms with Gasteiger partial charge < -0.3 is 4.74 Å².